The number of Topliss-reactive ketones (excluding diaryl/α,β-unsaturated/α-hetero) is 1. The van der Waals surface area contributed by atoms with E-state index in [1.54, 1.807) is 18.4 Å². The van der Waals surface area contributed by atoms with E-state index in [-0.39, 0.29) is 5.78 Å². The molecule has 1 atom stereocenters. The van der Waals surface area contributed by atoms with Crippen LogP contribution in [0.5, 0.6) is 0 Å². The molecule has 1 heterocycles. The van der Waals surface area contributed by atoms with Crippen LogP contribution in [0.1, 0.15) is 23.2 Å². The van der Waals surface area contributed by atoms with E-state index in [0.29, 0.717) is 13.0 Å². The number of ether oxygens (including phenoxy) is 1. The Balaban J connectivity index is 2.15. The zero-order valence-electron chi connectivity index (χ0n) is 10.4. The van der Waals surface area contributed by atoms with Crippen LogP contribution in [-0.2, 0) is 4.74 Å². The molecule has 2 rings (SSSR count). The third kappa shape index (κ3) is 2.77. The predicted octanol–water partition coefficient (Wildman–Crippen LogP) is 2.84. The number of hydrogen-bond donors (Lipinski definition) is 1. The van der Waals surface area contributed by atoms with Gasteiger partial charge in [0.2, 0.25) is 0 Å². The number of nitrogens with two attached hydrogens (primary N) is 1. The number of benzene rings is 1. The summed E-state index contributed by atoms with van der Waals surface area (Å²) >= 11 is 1.59. The van der Waals surface area contributed by atoms with Crippen molar-refractivity contribution in [1.82, 2.24) is 0 Å². The van der Waals surface area contributed by atoms with Crippen LogP contribution in [-0.4, -0.2) is 25.5 Å². The molecule has 0 spiro atoms. The molecule has 0 amide bonds. The largest absolute Gasteiger partial charge is 0.385 e. The van der Waals surface area contributed by atoms with Crippen LogP contribution in [0.4, 0.5) is 0 Å². The van der Waals surface area contributed by atoms with Crippen molar-refractivity contribution < 1.29 is 9.53 Å². The Hall–Kier alpha value is -1.23. The summed E-state index contributed by atoms with van der Waals surface area (Å²) in [5.74, 6) is 0.0270. The average Bonchev–Trinajstić information content (AvgIpc) is 2.86. The van der Waals surface area contributed by atoms with Crippen LogP contribution in [0.2, 0.25) is 0 Å². The summed E-state index contributed by atoms with van der Waals surface area (Å²) < 4.78 is 6.00. The van der Waals surface area contributed by atoms with E-state index in [4.69, 9.17) is 10.5 Å². The van der Waals surface area contributed by atoms with Gasteiger partial charge < -0.3 is 10.5 Å². The second-order valence-corrected chi connectivity index (χ2v) is 5.17. The molecular weight excluding hydrogens is 246 g/mol. The smallest absolute Gasteiger partial charge is 0.180 e. The van der Waals surface area contributed by atoms with E-state index in [9.17, 15) is 4.79 Å². The summed E-state index contributed by atoms with van der Waals surface area (Å²) in [6.45, 7) is 0.643. The van der Waals surface area contributed by atoms with Gasteiger partial charge in [0.05, 0.1) is 6.04 Å². The minimum Gasteiger partial charge on any atom is -0.385 e. The molecule has 0 aliphatic rings. The highest BCUT2D eigenvalue weighted by Crippen LogP contribution is 2.25. The Kier molecular flexibility index (Phi) is 4.47. The van der Waals surface area contributed by atoms with Gasteiger partial charge in [-0.05, 0) is 35.7 Å². The summed E-state index contributed by atoms with van der Waals surface area (Å²) in [6, 6.07) is 7.36. The van der Waals surface area contributed by atoms with Crippen molar-refractivity contribution in [2.45, 2.75) is 18.9 Å². The molecule has 0 aliphatic carbocycles. The van der Waals surface area contributed by atoms with E-state index in [1.165, 1.54) is 0 Å². The normalized spacial score (nSPS) is 12.8. The van der Waals surface area contributed by atoms with Gasteiger partial charge in [-0.1, -0.05) is 12.1 Å². The van der Waals surface area contributed by atoms with Gasteiger partial charge in [0.15, 0.2) is 5.78 Å². The zero-order chi connectivity index (χ0) is 13.0. The highest BCUT2D eigenvalue weighted by atomic mass is 32.1. The number of methoxy groups -OCH3 is 1. The van der Waals surface area contributed by atoms with Crippen LogP contribution in [0.25, 0.3) is 10.1 Å². The van der Waals surface area contributed by atoms with Crippen molar-refractivity contribution in [3.63, 3.8) is 0 Å². The fourth-order valence-electron chi connectivity index (χ4n) is 1.97. The maximum atomic E-state index is 12.3. The number of carbonyl (C=O) groups is 1. The molecule has 1 aromatic carbocycles. The molecule has 0 bridgehead atoms. The van der Waals surface area contributed by atoms with Gasteiger partial charge in [0.1, 0.15) is 0 Å². The lowest BCUT2D eigenvalue weighted by molar-refractivity contribution is 0.0952. The zero-order valence-corrected chi connectivity index (χ0v) is 11.2. The van der Waals surface area contributed by atoms with Crippen molar-refractivity contribution in [2.24, 2.45) is 5.73 Å². The fourth-order valence-corrected chi connectivity index (χ4v) is 2.88. The molecular formula is C14H17NO2S. The molecule has 2 aromatic rings. The minimum atomic E-state index is -0.437. The van der Waals surface area contributed by atoms with Crippen molar-refractivity contribution in [1.29, 1.82) is 0 Å². The minimum absolute atomic E-state index is 0.0270. The molecule has 1 unspecified atom stereocenters. The van der Waals surface area contributed by atoms with Gasteiger partial charge in [0, 0.05) is 24.0 Å². The molecule has 0 saturated carbocycles. The Morgan fingerprint density at radius 1 is 1.44 bits per heavy atom. The van der Waals surface area contributed by atoms with Crippen LogP contribution in [0, 0.1) is 0 Å². The van der Waals surface area contributed by atoms with Crippen LogP contribution in [0.3, 0.4) is 0 Å². The Labute approximate surface area is 111 Å². The molecule has 0 saturated heterocycles. The van der Waals surface area contributed by atoms with Crippen molar-refractivity contribution in [3.05, 3.63) is 35.2 Å². The fraction of sp³-hybridized carbons (Fsp3) is 0.357. The number of ketones is 1. The van der Waals surface area contributed by atoms with E-state index in [1.807, 2.05) is 29.6 Å². The van der Waals surface area contributed by atoms with E-state index >= 15 is 0 Å². The molecule has 2 N–H and O–H groups in total. The SMILES string of the molecule is COCCCC(N)C(=O)c1cccc2ccsc12. The summed E-state index contributed by atoms with van der Waals surface area (Å²) in [7, 11) is 1.65. The molecule has 96 valence electrons. The monoisotopic (exact) mass is 263 g/mol. The Bertz CT molecular complexity index is 535. The summed E-state index contributed by atoms with van der Waals surface area (Å²) in [6.07, 6.45) is 1.47. The lowest BCUT2D eigenvalue weighted by atomic mass is 10.0. The number of thiophene rings is 1. The molecule has 0 radical (unpaired) electrons. The van der Waals surface area contributed by atoms with Crippen molar-refractivity contribution >= 4 is 27.2 Å². The first-order valence-corrected chi connectivity index (χ1v) is 6.87. The van der Waals surface area contributed by atoms with E-state index < -0.39 is 6.04 Å². The first kappa shape index (κ1) is 13.2. The number of carbonyl (C=O) groups excluding carboxylic acids is 1. The Morgan fingerprint density at radius 3 is 3.06 bits per heavy atom. The molecule has 0 fully saturated rings. The molecule has 1 aromatic heterocycles. The number of hydrogen-bond acceptors (Lipinski definition) is 4. The number of fused-ring (bicyclic) bond motifs is 1. The van der Waals surface area contributed by atoms with E-state index in [0.717, 1.165) is 22.1 Å². The maximum absolute atomic E-state index is 12.3. The third-order valence-corrected chi connectivity index (χ3v) is 3.91. The van der Waals surface area contributed by atoms with Gasteiger partial charge >= 0.3 is 0 Å². The average molecular weight is 263 g/mol. The molecule has 3 nitrogen and oxygen atoms in total. The lowest BCUT2D eigenvalue weighted by Crippen LogP contribution is -2.30. The number of rotatable bonds is 6. The highest BCUT2D eigenvalue weighted by Gasteiger charge is 2.18. The first-order chi connectivity index (χ1) is 8.74. The van der Waals surface area contributed by atoms with Gasteiger partial charge in [-0.2, -0.15) is 0 Å². The second-order valence-electron chi connectivity index (χ2n) is 4.25. The van der Waals surface area contributed by atoms with Gasteiger partial charge in [-0.25, -0.2) is 0 Å². The first-order valence-electron chi connectivity index (χ1n) is 5.99. The third-order valence-electron chi connectivity index (χ3n) is 2.94. The van der Waals surface area contributed by atoms with Crippen LogP contribution in [0.15, 0.2) is 29.6 Å². The molecule has 18 heavy (non-hydrogen) atoms. The lowest BCUT2D eigenvalue weighted by Gasteiger charge is -2.10. The quantitative estimate of drug-likeness (QED) is 0.644. The second kappa shape index (κ2) is 6.09. The summed E-state index contributed by atoms with van der Waals surface area (Å²) in [5.41, 5.74) is 6.69. The van der Waals surface area contributed by atoms with E-state index in [2.05, 4.69) is 0 Å². The Morgan fingerprint density at radius 2 is 2.28 bits per heavy atom. The predicted molar refractivity (Wildman–Crippen MR) is 75.2 cm³/mol. The van der Waals surface area contributed by atoms with Gasteiger partial charge in [0.25, 0.3) is 0 Å². The van der Waals surface area contributed by atoms with Gasteiger partial charge in [-0.3, -0.25) is 4.79 Å². The topological polar surface area (TPSA) is 52.3 Å². The molecule has 0 aliphatic heterocycles. The van der Waals surface area contributed by atoms with Crippen LogP contribution < -0.4 is 5.73 Å². The highest BCUT2D eigenvalue weighted by molar-refractivity contribution is 7.17. The summed E-state index contributed by atoms with van der Waals surface area (Å²) in [5, 5.41) is 3.10. The van der Waals surface area contributed by atoms with Gasteiger partial charge in [-0.15, -0.1) is 11.3 Å². The standard InChI is InChI=1S/C14H17NO2S/c1-17-8-3-6-12(15)13(16)11-5-2-4-10-7-9-18-14(10)11/h2,4-5,7,9,12H,3,6,8,15H2,1H3. The van der Waals surface area contributed by atoms with Crippen molar-refractivity contribution in [2.75, 3.05) is 13.7 Å². The molecule has 4 heteroatoms. The van der Waals surface area contributed by atoms with Crippen molar-refractivity contribution in [3.8, 4) is 0 Å². The maximum Gasteiger partial charge on any atom is 0.180 e. The summed E-state index contributed by atoms with van der Waals surface area (Å²) in [4.78, 5) is 12.3. The van der Waals surface area contributed by atoms with Crippen LogP contribution >= 0.6 is 11.3 Å².